The van der Waals surface area contributed by atoms with Crippen molar-refractivity contribution >= 4 is 12.4 Å². The molecule has 0 spiro atoms. The number of pyridine rings is 1. The Hall–Kier alpha value is -1.83. The molecule has 8 heteroatoms. The first-order valence-electron chi connectivity index (χ1n) is 6.55. The minimum atomic E-state index is -4.42. The van der Waals surface area contributed by atoms with Gasteiger partial charge in [-0.25, -0.2) is 4.98 Å². The molecule has 1 aromatic heterocycles. The quantitative estimate of drug-likeness (QED) is 0.870. The van der Waals surface area contributed by atoms with Crippen LogP contribution in [-0.2, 0) is 12.6 Å². The Balaban J connectivity index is 0.00000264. The van der Waals surface area contributed by atoms with Crippen LogP contribution in [0, 0.1) is 0 Å². The molecule has 23 heavy (non-hydrogen) atoms. The number of hydrogen-bond acceptors (Lipinski definition) is 4. The van der Waals surface area contributed by atoms with Crippen LogP contribution >= 0.6 is 12.4 Å². The van der Waals surface area contributed by atoms with Gasteiger partial charge in [0, 0.05) is 18.3 Å². The molecule has 0 radical (unpaired) electrons. The Morgan fingerprint density at radius 1 is 1.22 bits per heavy atom. The normalized spacial score (nSPS) is 12.4. The molecule has 0 saturated carbocycles. The Morgan fingerprint density at radius 2 is 1.96 bits per heavy atom. The minimum Gasteiger partial charge on any atom is -0.439 e. The van der Waals surface area contributed by atoms with E-state index in [2.05, 4.69) is 4.98 Å². The number of rotatable bonds is 5. The zero-order chi connectivity index (χ0) is 16.2. The summed E-state index contributed by atoms with van der Waals surface area (Å²) in [6, 6.07) is 7.44. The van der Waals surface area contributed by atoms with E-state index in [9.17, 15) is 13.2 Å². The van der Waals surface area contributed by atoms with Gasteiger partial charge >= 0.3 is 6.18 Å². The number of ether oxygens (including phenoxy) is 1. The standard InChI is InChI=1S/C15H15F3N2O2.ClH/c16-15(17,18)11-2-1-3-13(7-11)22-14-5-4-10(8-20-14)6-12(19)9-21;/h1-5,7-8,12,21H,6,9,19H2;1H. The topological polar surface area (TPSA) is 68.4 Å². The fourth-order valence-corrected chi connectivity index (χ4v) is 1.82. The lowest BCUT2D eigenvalue weighted by Crippen LogP contribution is -2.26. The molecule has 0 fully saturated rings. The molecule has 0 aliphatic carbocycles. The smallest absolute Gasteiger partial charge is 0.416 e. The Kier molecular flexibility index (Phi) is 6.80. The van der Waals surface area contributed by atoms with E-state index in [0.29, 0.717) is 6.42 Å². The van der Waals surface area contributed by atoms with Crippen LogP contribution in [0.25, 0.3) is 0 Å². The van der Waals surface area contributed by atoms with Gasteiger partial charge in [0.25, 0.3) is 0 Å². The average Bonchev–Trinajstić information content (AvgIpc) is 2.48. The molecule has 2 aromatic rings. The van der Waals surface area contributed by atoms with Gasteiger partial charge in [-0.1, -0.05) is 12.1 Å². The summed E-state index contributed by atoms with van der Waals surface area (Å²) in [7, 11) is 0. The first-order chi connectivity index (χ1) is 10.4. The summed E-state index contributed by atoms with van der Waals surface area (Å²) in [6.45, 7) is -0.136. The van der Waals surface area contributed by atoms with Crippen molar-refractivity contribution in [2.75, 3.05) is 6.61 Å². The Morgan fingerprint density at radius 3 is 2.52 bits per heavy atom. The molecule has 0 amide bonds. The molecule has 1 unspecified atom stereocenters. The lowest BCUT2D eigenvalue weighted by molar-refractivity contribution is -0.137. The number of alkyl halides is 3. The van der Waals surface area contributed by atoms with E-state index in [-0.39, 0.29) is 36.7 Å². The van der Waals surface area contributed by atoms with Crippen molar-refractivity contribution in [2.24, 2.45) is 5.73 Å². The van der Waals surface area contributed by atoms with Gasteiger partial charge < -0.3 is 15.6 Å². The van der Waals surface area contributed by atoms with E-state index in [1.165, 1.54) is 18.3 Å². The van der Waals surface area contributed by atoms with Crippen LogP contribution in [0.2, 0.25) is 0 Å². The number of benzene rings is 1. The molecule has 2 rings (SSSR count). The number of aliphatic hydroxyl groups excluding tert-OH is 1. The lowest BCUT2D eigenvalue weighted by atomic mass is 10.1. The Bertz CT molecular complexity index is 621. The van der Waals surface area contributed by atoms with Gasteiger partial charge in [0.1, 0.15) is 5.75 Å². The molecule has 0 saturated heterocycles. The Labute approximate surface area is 137 Å². The van der Waals surface area contributed by atoms with E-state index in [0.717, 1.165) is 17.7 Å². The second-order valence-corrected chi connectivity index (χ2v) is 4.78. The summed E-state index contributed by atoms with van der Waals surface area (Å²) in [5, 5.41) is 8.88. The van der Waals surface area contributed by atoms with Crippen LogP contribution in [0.3, 0.4) is 0 Å². The molecular formula is C15H16ClF3N2O2. The first kappa shape index (κ1) is 19.2. The predicted octanol–water partition coefficient (Wildman–Crippen LogP) is 3.18. The van der Waals surface area contributed by atoms with E-state index in [1.54, 1.807) is 12.1 Å². The van der Waals surface area contributed by atoms with Gasteiger partial charge in [0.05, 0.1) is 12.2 Å². The summed E-state index contributed by atoms with van der Waals surface area (Å²) in [4.78, 5) is 4.01. The zero-order valence-electron chi connectivity index (χ0n) is 12.0. The first-order valence-corrected chi connectivity index (χ1v) is 6.55. The van der Waals surface area contributed by atoms with Crippen LogP contribution in [0.5, 0.6) is 11.6 Å². The monoisotopic (exact) mass is 348 g/mol. The van der Waals surface area contributed by atoms with E-state index < -0.39 is 11.7 Å². The van der Waals surface area contributed by atoms with E-state index in [1.807, 2.05) is 0 Å². The second kappa shape index (κ2) is 8.14. The van der Waals surface area contributed by atoms with Crippen LogP contribution in [-0.4, -0.2) is 22.7 Å². The molecular weight excluding hydrogens is 333 g/mol. The summed E-state index contributed by atoms with van der Waals surface area (Å²) in [5.74, 6) is 0.239. The fourth-order valence-electron chi connectivity index (χ4n) is 1.82. The third-order valence-corrected chi connectivity index (χ3v) is 2.91. The van der Waals surface area contributed by atoms with Crippen molar-refractivity contribution < 1.29 is 23.0 Å². The van der Waals surface area contributed by atoms with Gasteiger partial charge in [-0.05, 0) is 30.2 Å². The van der Waals surface area contributed by atoms with Gasteiger partial charge in [-0.3, -0.25) is 0 Å². The zero-order valence-corrected chi connectivity index (χ0v) is 12.8. The summed E-state index contributed by atoms with van der Waals surface area (Å²) < 4.78 is 43.1. The average molecular weight is 349 g/mol. The molecule has 0 aliphatic heterocycles. The highest BCUT2D eigenvalue weighted by atomic mass is 35.5. The predicted molar refractivity (Wildman–Crippen MR) is 81.8 cm³/mol. The second-order valence-electron chi connectivity index (χ2n) is 4.78. The third kappa shape index (κ3) is 5.70. The number of nitrogens with two attached hydrogens (primary N) is 1. The molecule has 1 aromatic carbocycles. The van der Waals surface area contributed by atoms with Crippen molar-refractivity contribution in [1.82, 2.24) is 4.98 Å². The van der Waals surface area contributed by atoms with Gasteiger partial charge in [-0.2, -0.15) is 13.2 Å². The highest BCUT2D eigenvalue weighted by Gasteiger charge is 2.30. The van der Waals surface area contributed by atoms with E-state index >= 15 is 0 Å². The third-order valence-electron chi connectivity index (χ3n) is 2.91. The molecule has 126 valence electrons. The molecule has 3 N–H and O–H groups in total. The van der Waals surface area contributed by atoms with Crippen molar-refractivity contribution in [1.29, 1.82) is 0 Å². The maximum absolute atomic E-state index is 12.6. The van der Waals surface area contributed by atoms with Gasteiger partial charge in [-0.15, -0.1) is 12.4 Å². The highest BCUT2D eigenvalue weighted by Crippen LogP contribution is 2.32. The maximum atomic E-state index is 12.6. The van der Waals surface area contributed by atoms with Crippen LogP contribution in [0.1, 0.15) is 11.1 Å². The number of aliphatic hydroxyl groups is 1. The van der Waals surface area contributed by atoms with E-state index in [4.69, 9.17) is 15.6 Å². The highest BCUT2D eigenvalue weighted by molar-refractivity contribution is 5.85. The SMILES string of the molecule is Cl.NC(CO)Cc1ccc(Oc2cccc(C(F)(F)F)c2)nc1. The number of hydrogen-bond donors (Lipinski definition) is 2. The molecule has 1 heterocycles. The molecule has 0 bridgehead atoms. The van der Waals surface area contributed by atoms with Crippen LogP contribution < -0.4 is 10.5 Å². The van der Waals surface area contributed by atoms with Crippen molar-refractivity contribution in [3.8, 4) is 11.6 Å². The number of aromatic nitrogens is 1. The maximum Gasteiger partial charge on any atom is 0.416 e. The largest absolute Gasteiger partial charge is 0.439 e. The summed E-state index contributed by atoms with van der Waals surface area (Å²) >= 11 is 0. The van der Waals surface area contributed by atoms with Gasteiger partial charge in [0.2, 0.25) is 5.88 Å². The summed E-state index contributed by atoms with van der Waals surface area (Å²) in [5.41, 5.74) is 5.63. The van der Waals surface area contributed by atoms with Crippen molar-refractivity contribution in [3.05, 3.63) is 53.7 Å². The molecule has 1 atom stereocenters. The number of nitrogens with zero attached hydrogens (tertiary/aromatic N) is 1. The van der Waals surface area contributed by atoms with Crippen LogP contribution in [0.4, 0.5) is 13.2 Å². The molecule has 4 nitrogen and oxygen atoms in total. The molecule has 0 aliphatic rings. The van der Waals surface area contributed by atoms with Gasteiger partial charge in [0.15, 0.2) is 0 Å². The summed E-state index contributed by atoms with van der Waals surface area (Å²) in [6.07, 6.45) is -2.46. The lowest BCUT2D eigenvalue weighted by Gasteiger charge is -2.10. The van der Waals surface area contributed by atoms with Crippen molar-refractivity contribution in [3.63, 3.8) is 0 Å². The fraction of sp³-hybridized carbons (Fsp3) is 0.267. The number of halogens is 4. The van der Waals surface area contributed by atoms with Crippen molar-refractivity contribution in [2.45, 2.75) is 18.6 Å². The minimum absolute atomic E-state index is 0. The van der Waals surface area contributed by atoms with Crippen LogP contribution in [0.15, 0.2) is 42.6 Å².